The van der Waals surface area contributed by atoms with Crippen molar-refractivity contribution in [3.05, 3.63) is 51.6 Å². The van der Waals surface area contributed by atoms with Crippen LogP contribution in [0.2, 0.25) is 0 Å². The van der Waals surface area contributed by atoms with Gasteiger partial charge < -0.3 is 120 Å². The number of amides is 10. The molecule has 1 aliphatic heterocycles. The molecule has 42 heteroatoms. The van der Waals surface area contributed by atoms with Gasteiger partial charge >= 0.3 is 11.9 Å². The molecule has 2 aliphatic rings. The molecule has 1 aromatic heterocycles. The number of benzene rings is 1. The number of rotatable bonds is 27. The van der Waals surface area contributed by atoms with Crippen molar-refractivity contribution in [2.24, 2.45) is 71.6 Å². The number of imidazole rings is 1. The topological polar surface area (TPSA) is 678 Å². The third-order valence-corrected chi connectivity index (χ3v) is 19.4. The Labute approximate surface area is 596 Å². The van der Waals surface area contributed by atoms with Gasteiger partial charge in [0.05, 0.1) is 36.6 Å². The van der Waals surface area contributed by atoms with E-state index in [2.05, 4.69) is 83.1 Å². The number of carbonyl (C=O) groups excluding carboxylic acids is 10. The van der Waals surface area contributed by atoms with E-state index in [4.69, 9.17) is 51.6 Å². The Bertz CT molecular complexity index is 3240. The number of nitrogens with two attached hydrogens (primary N) is 9. The second-order valence-corrected chi connectivity index (χ2v) is 27.4. The standard InChI is InChI=1S/C58H92IN25O14S2/c59-31-14-12-30(13-15-31)22-37-48(92)80-35(10-6-20-72-56(65)66)47(91)83-40(51(95)81-36(53(97)98)11-7-21-73-57(67)68)28-99-100-58(16-2-1-3-17-58)44(84-45(89)33(60)8-4-18-70-54(61)62)52(96)75-27-42(86)77-38(23-32-25-69-29-76-32)49(93)79-34(9-5-19-71-55(63)64)46(90)74-26-41(85)78-39(24-43(87)88)50(94)82-37/h12-15,25,29,33-40,44H,1-11,16-24,26-28,60H2,(H,69,76)(H,74,90)(H,75,96)(H,77,86)(H,78,85)(H,79,93)(H,80,92)(H,81,95)(H,82,94)(H,83,91)(H,84,89)(H,87,88)(H,97,98)(H4,61,62,70)(H4,63,64,71)(H4,65,66,72)(H4,67,68,73)/t33-,34-,35-,36-,37-,38-,39-,40-,44?/m0/s1. The Morgan fingerprint density at radius 2 is 1.10 bits per heavy atom. The number of H-pyrrole nitrogens is 1. The number of hydrogen-bond acceptors (Lipinski definition) is 20. The van der Waals surface area contributed by atoms with Crippen molar-refractivity contribution in [3.8, 4) is 0 Å². The van der Waals surface area contributed by atoms with E-state index in [0.717, 1.165) is 25.2 Å². The lowest BCUT2D eigenvalue weighted by Gasteiger charge is -2.42. The van der Waals surface area contributed by atoms with E-state index >= 15 is 0 Å². The second-order valence-electron chi connectivity index (χ2n) is 23.4. The third kappa shape index (κ3) is 30.8. The summed E-state index contributed by atoms with van der Waals surface area (Å²) in [5.74, 6) is -14.6. The van der Waals surface area contributed by atoms with Gasteiger partial charge in [0.1, 0.15) is 48.3 Å². The maximum Gasteiger partial charge on any atom is 0.326 e. The van der Waals surface area contributed by atoms with Gasteiger partial charge in [-0.05, 0) is 104 Å². The minimum Gasteiger partial charge on any atom is -0.481 e. The molecule has 552 valence electrons. The van der Waals surface area contributed by atoms with Gasteiger partial charge in [0.2, 0.25) is 59.1 Å². The molecule has 100 heavy (non-hydrogen) atoms. The summed E-state index contributed by atoms with van der Waals surface area (Å²) in [5.41, 5.74) is 51.4. The highest BCUT2D eigenvalue weighted by atomic mass is 127. The molecule has 1 saturated carbocycles. The van der Waals surface area contributed by atoms with Gasteiger partial charge in [-0.2, -0.15) is 0 Å². The highest BCUT2D eigenvalue weighted by Crippen LogP contribution is 2.48. The SMILES string of the molecule is NC(N)=NCCC[C@H](NC(=O)[C@@H]1CSSC2(CCCCC2)C(NC(=O)[C@@H](N)CCCN=C(N)N)C(=O)NCC(=O)N[C@@H](Cc2cnc[nH]2)C(=O)N[C@@H](CCCN=C(N)N)C(=O)NCC(=O)N[C@@H](CC(=O)O)C(=O)N[C@@H](Cc2ccc(I)cc2)C(=O)N[C@@H](CCCN=C(N)N)C(=O)N1)C(=O)O. The number of hydrogen-bond donors (Lipinski definition) is 22. The monoisotopic (exact) mass is 1550 g/mol. The smallest absolute Gasteiger partial charge is 0.326 e. The van der Waals surface area contributed by atoms with Gasteiger partial charge in [0, 0.05) is 60.2 Å². The van der Waals surface area contributed by atoms with Crippen LogP contribution >= 0.6 is 44.2 Å². The predicted molar refractivity (Wildman–Crippen MR) is 380 cm³/mol. The number of carboxylic acid groups (broad SMARTS) is 2. The molecule has 2 fully saturated rings. The average molecular weight is 1550 g/mol. The number of carboxylic acids is 2. The predicted octanol–water partition coefficient (Wildman–Crippen LogP) is -6.89. The van der Waals surface area contributed by atoms with Crippen molar-refractivity contribution in [1.82, 2.24) is 63.1 Å². The first-order valence-corrected chi connectivity index (χ1v) is 35.3. The van der Waals surface area contributed by atoms with Crippen molar-refractivity contribution >= 4 is 139 Å². The molecule has 9 atom stereocenters. The molecule has 0 radical (unpaired) electrons. The first kappa shape index (κ1) is 83.0. The van der Waals surface area contributed by atoms with Crippen LogP contribution in [0, 0.1) is 3.57 Å². The minimum atomic E-state index is -1.93. The number of nitrogens with zero attached hydrogens (tertiary/aromatic N) is 5. The number of aliphatic imine (C=N–C) groups is 4. The summed E-state index contributed by atoms with van der Waals surface area (Å²) >= 11 is 2.04. The summed E-state index contributed by atoms with van der Waals surface area (Å²) in [6.07, 6.45) is 2.80. The van der Waals surface area contributed by atoms with Gasteiger partial charge in [-0.15, -0.1) is 0 Å². The maximum atomic E-state index is 15.0. The zero-order valence-corrected chi connectivity index (χ0v) is 58.6. The van der Waals surface area contributed by atoms with Gasteiger partial charge in [-0.1, -0.05) is 53.0 Å². The Kier molecular flexibility index (Phi) is 35.8. The Morgan fingerprint density at radius 3 is 1.63 bits per heavy atom. The first-order valence-electron chi connectivity index (χ1n) is 31.9. The molecular formula is C58H92IN25O14S2. The van der Waals surface area contributed by atoms with E-state index in [1.165, 1.54) is 12.5 Å². The van der Waals surface area contributed by atoms with Gasteiger partial charge in [-0.25, -0.2) is 9.78 Å². The third-order valence-electron chi connectivity index (χ3n) is 15.4. The first-order chi connectivity index (χ1) is 47.4. The number of aromatic amines is 1. The number of aromatic nitrogens is 2. The summed E-state index contributed by atoms with van der Waals surface area (Å²) < 4.78 is -0.525. The fourth-order valence-electron chi connectivity index (χ4n) is 10.3. The van der Waals surface area contributed by atoms with Crippen LogP contribution < -0.4 is 105 Å². The summed E-state index contributed by atoms with van der Waals surface area (Å²) in [6, 6.07) is -7.61. The maximum absolute atomic E-state index is 15.0. The summed E-state index contributed by atoms with van der Waals surface area (Å²) in [7, 11) is 2.00. The van der Waals surface area contributed by atoms with Gasteiger partial charge in [0.15, 0.2) is 23.8 Å². The van der Waals surface area contributed by atoms with Crippen LogP contribution in [-0.2, 0) is 70.4 Å². The number of carbonyl (C=O) groups is 12. The molecule has 1 aromatic carbocycles. The van der Waals surface area contributed by atoms with Gasteiger partial charge in [-0.3, -0.25) is 72.7 Å². The van der Waals surface area contributed by atoms with Crippen molar-refractivity contribution in [2.45, 2.75) is 162 Å². The zero-order chi connectivity index (χ0) is 73.9. The molecule has 0 bridgehead atoms. The minimum absolute atomic E-state index is 0.0118. The molecule has 4 rings (SSSR count). The Hall–Kier alpha value is -9.46. The average Bonchev–Trinajstić information content (AvgIpc) is 0.885. The molecule has 1 unspecified atom stereocenters. The number of guanidine groups is 4. The lowest BCUT2D eigenvalue weighted by atomic mass is 9.82. The molecule has 1 saturated heterocycles. The van der Waals surface area contributed by atoms with Crippen molar-refractivity contribution in [1.29, 1.82) is 0 Å². The van der Waals surface area contributed by atoms with Crippen LogP contribution in [0.5, 0.6) is 0 Å². The zero-order valence-electron chi connectivity index (χ0n) is 54.8. The lowest BCUT2D eigenvalue weighted by Crippen LogP contribution is -2.62. The van der Waals surface area contributed by atoms with Crippen LogP contribution in [0.4, 0.5) is 0 Å². The second kappa shape index (κ2) is 43.2. The molecule has 31 N–H and O–H groups in total. The fourth-order valence-corrected chi connectivity index (χ4v) is 14.2. The van der Waals surface area contributed by atoms with E-state index in [9.17, 15) is 67.7 Å². The van der Waals surface area contributed by atoms with Crippen molar-refractivity contribution in [2.75, 3.05) is 45.0 Å². The van der Waals surface area contributed by atoms with Gasteiger partial charge in [0.25, 0.3) is 0 Å². The number of nitrogens with one attached hydrogen (secondary N) is 11. The lowest BCUT2D eigenvalue weighted by molar-refractivity contribution is -0.142. The van der Waals surface area contributed by atoms with Crippen LogP contribution in [0.3, 0.4) is 0 Å². The van der Waals surface area contributed by atoms with Crippen LogP contribution in [0.15, 0.2) is 56.8 Å². The number of aliphatic carboxylic acids is 2. The van der Waals surface area contributed by atoms with Crippen molar-refractivity contribution in [3.63, 3.8) is 0 Å². The molecule has 10 amide bonds. The molecule has 2 aromatic rings. The largest absolute Gasteiger partial charge is 0.481 e. The van der Waals surface area contributed by atoms with Crippen molar-refractivity contribution < 1.29 is 67.7 Å². The van der Waals surface area contributed by atoms with E-state index in [-0.39, 0.29) is 127 Å². The van der Waals surface area contributed by atoms with Crippen LogP contribution in [0.1, 0.15) is 101 Å². The molecular weight excluding hydrogens is 1460 g/mol. The Morgan fingerprint density at radius 1 is 0.610 bits per heavy atom. The van der Waals surface area contributed by atoms with Crippen LogP contribution in [-0.4, -0.2) is 219 Å². The molecule has 2 heterocycles. The molecule has 39 nitrogen and oxygen atoms in total. The highest BCUT2D eigenvalue weighted by molar-refractivity contribution is 14.1. The molecule has 1 aliphatic carbocycles. The van der Waals surface area contributed by atoms with E-state index < -0.39 is 155 Å². The molecule has 1 spiro atoms. The quantitative estimate of drug-likeness (QED) is 0.0130. The number of halogens is 1. The highest BCUT2D eigenvalue weighted by Gasteiger charge is 2.47. The van der Waals surface area contributed by atoms with E-state index in [1.54, 1.807) is 24.3 Å². The van der Waals surface area contributed by atoms with E-state index in [1.807, 2.05) is 22.6 Å². The summed E-state index contributed by atoms with van der Waals surface area (Å²) in [6.45, 7) is -1.81. The summed E-state index contributed by atoms with van der Waals surface area (Å²) in [4.78, 5) is 192. The normalized spacial score (nSPS) is 21.6. The van der Waals surface area contributed by atoms with E-state index in [0.29, 0.717) is 30.5 Å². The van der Waals surface area contributed by atoms with Crippen LogP contribution in [0.25, 0.3) is 0 Å². The Balaban J connectivity index is 1.94. The summed E-state index contributed by atoms with van der Waals surface area (Å²) in [5, 5.41) is 45.8. The fraction of sp³-hybridized carbons (Fsp3) is 0.569.